The van der Waals surface area contributed by atoms with Crippen molar-refractivity contribution in [1.29, 1.82) is 0 Å². The fraction of sp³-hybridized carbons (Fsp3) is 0.500. The highest BCUT2D eigenvalue weighted by molar-refractivity contribution is 8.01. The van der Waals surface area contributed by atoms with Crippen molar-refractivity contribution in [2.45, 2.75) is 34.6 Å². The minimum Gasteiger partial charge on any atom is -0.376 e. The molecule has 0 bridgehead atoms. The van der Waals surface area contributed by atoms with Gasteiger partial charge in [-0.3, -0.25) is 0 Å². The van der Waals surface area contributed by atoms with Crippen LogP contribution in [-0.2, 0) is 4.74 Å². The lowest BCUT2D eigenvalue weighted by molar-refractivity contribution is 0.120. The lowest BCUT2D eigenvalue weighted by Crippen LogP contribution is -2.18. The zero-order valence-corrected chi connectivity index (χ0v) is 16.4. The number of aromatic nitrogens is 2. The molecule has 1 aromatic heterocycles. The predicted octanol–water partition coefficient (Wildman–Crippen LogP) is 5.06. The van der Waals surface area contributed by atoms with Gasteiger partial charge in [0, 0.05) is 23.8 Å². The van der Waals surface area contributed by atoms with Gasteiger partial charge in [-0.05, 0) is 37.1 Å². The smallest absolute Gasteiger partial charge is 0.206 e. The fourth-order valence-electron chi connectivity index (χ4n) is 2.31. The van der Waals surface area contributed by atoms with Gasteiger partial charge in [0.15, 0.2) is 4.34 Å². The Hall–Kier alpha value is -0.470. The molecule has 0 spiro atoms. The van der Waals surface area contributed by atoms with Crippen molar-refractivity contribution in [3.63, 3.8) is 0 Å². The first kappa shape index (κ1) is 18.3. The number of hydrogen-bond donors (Lipinski definition) is 1. The molecule has 0 amide bonds. The van der Waals surface area contributed by atoms with Gasteiger partial charge in [0.25, 0.3) is 0 Å². The standard InChI is InChI=1S/C16H20ClN3OS3/c17-13-6-1-2-7-14(13)22-9-4-10-23-16-20-19-15(24-16)18-11-12-5-3-8-21-12/h1-2,6-7,12H,3-5,8-11H2,(H,18,19). The van der Waals surface area contributed by atoms with Gasteiger partial charge in [-0.15, -0.1) is 22.0 Å². The maximum absolute atomic E-state index is 6.15. The van der Waals surface area contributed by atoms with E-state index in [2.05, 4.69) is 21.6 Å². The molecule has 24 heavy (non-hydrogen) atoms. The van der Waals surface area contributed by atoms with Crippen LogP contribution in [0.1, 0.15) is 19.3 Å². The van der Waals surface area contributed by atoms with E-state index in [1.54, 1.807) is 34.9 Å². The number of rotatable bonds is 9. The molecule has 1 fully saturated rings. The monoisotopic (exact) mass is 401 g/mol. The third kappa shape index (κ3) is 5.81. The first-order chi connectivity index (χ1) is 11.8. The van der Waals surface area contributed by atoms with E-state index in [1.807, 2.05) is 18.2 Å². The molecule has 1 aliphatic heterocycles. The number of nitrogens with one attached hydrogen (secondary N) is 1. The molecule has 1 saturated heterocycles. The second-order valence-corrected chi connectivity index (χ2v) is 9.23. The van der Waals surface area contributed by atoms with Gasteiger partial charge in [-0.2, -0.15) is 0 Å². The molecule has 3 rings (SSSR count). The molecule has 2 heterocycles. The van der Waals surface area contributed by atoms with Gasteiger partial charge in [-0.1, -0.05) is 46.8 Å². The molecule has 1 atom stereocenters. The van der Waals surface area contributed by atoms with E-state index < -0.39 is 0 Å². The summed E-state index contributed by atoms with van der Waals surface area (Å²) in [6, 6.07) is 7.99. The number of halogens is 1. The zero-order valence-electron chi connectivity index (χ0n) is 13.2. The van der Waals surface area contributed by atoms with E-state index in [4.69, 9.17) is 16.3 Å². The normalized spacial score (nSPS) is 17.3. The summed E-state index contributed by atoms with van der Waals surface area (Å²) < 4.78 is 6.62. The quantitative estimate of drug-likeness (QED) is 0.468. The zero-order chi connectivity index (χ0) is 16.6. The summed E-state index contributed by atoms with van der Waals surface area (Å²) in [6.45, 7) is 1.71. The van der Waals surface area contributed by atoms with Crippen molar-refractivity contribution in [1.82, 2.24) is 10.2 Å². The summed E-state index contributed by atoms with van der Waals surface area (Å²) in [4.78, 5) is 1.15. The van der Waals surface area contributed by atoms with Crippen LogP contribution in [0.4, 0.5) is 5.13 Å². The summed E-state index contributed by atoms with van der Waals surface area (Å²) in [5.41, 5.74) is 0. The molecular weight excluding hydrogens is 382 g/mol. The average Bonchev–Trinajstić information content (AvgIpc) is 3.26. The summed E-state index contributed by atoms with van der Waals surface area (Å²) in [6.07, 6.45) is 3.73. The van der Waals surface area contributed by atoms with Gasteiger partial charge in [0.1, 0.15) is 0 Å². The van der Waals surface area contributed by atoms with Gasteiger partial charge < -0.3 is 10.1 Å². The molecule has 130 valence electrons. The Balaban J connectivity index is 1.31. The van der Waals surface area contributed by atoms with Crippen LogP contribution in [-0.4, -0.2) is 41.0 Å². The van der Waals surface area contributed by atoms with Gasteiger partial charge in [-0.25, -0.2) is 0 Å². The highest BCUT2D eigenvalue weighted by Gasteiger charge is 2.15. The van der Waals surface area contributed by atoms with Gasteiger partial charge >= 0.3 is 0 Å². The topological polar surface area (TPSA) is 47.0 Å². The molecule has 1 aliphatic rings. The second kappa shape index (κ2) is 9.87. The molecular formula is C16H20ClN3OS3. The maximum Gasteiger partial charge on any atom is 0.206 e. The molecule has 1 unspecified atom stereocenters. The van der Waals surface area contributed by atoms with Crippen molar-refractivity contribution >= 4 is 51.6 Å². The molecule has 4 nitrogen and oxygen atoms in total. The van der Waals surface area contributed by atoms with Crippen LogP contribution in [0.3, 0.4) is 0 Å². The molecule has 0 radical (unpaired) electrons. The third-order valence-corrected chi connectivity index (χ3v) is 7.22. The summed E-state index contributed by atoms with van der Waals surface area (Å²) in [5.74, 6) is 2.09. The highest BCUT2D eigenvalue weighted by atomic mass is 35.5. The van der Waals surface area contributed by atoms with E-state index in [1.165, 1.54) is 0 Å². The fourth-order valence-corrected chi connectivity index (χ4v) is 5.45. The van der Waals surface area contributed by atoms with E-state index in [0.29, 0.717) is 6.10 Å². The summed E-state index contributed by atoms with van der Waals surface area (Å²) >= 11 is 11.3. The Morgan fingerprint density at radius 3 is 2.96 bits per heavy atom. The largest absolute Gasteiger partial charge is 0.376 e. The number of nitrogens with zero attached hydrogens (tertiary/aromatic N) is 2. The number of benzene rings is 1. The van der Waals surface area contributed by atoms with Crippen molar-refractivity contribution in [2.24, 2.45) is 0 Å². The number of ether oxygens (including phenoxy) is 1. The Bertz CT molecular complexity index is 635. The van der Waals surface area contributed by atoms with E-state index in [9.17, 15) is 0 Å². The van der Waals surface area contributed by atoms with Crippen molar-refractivity contribution < 1.29 is 4.74 Å². The van der Waals surface area contributed by atoms with Crippen LogP contribution in [0.5, 0.6) is 0 Å². The van der Waals surface area contributed by atoms with Gasteiger partial charge in [0.2, 0.25) is 5.13 Å². The van der Waals surface area contributed by atoms with Crippen LogP contribution >= 0.6 is 46.5 Å². The van der Waals surface area contributed by atoms with Crippen LogP contribution in [0, 0.1) is 0 Å². The Morgan fingerprint density at radius 2 is 2.12 bits per heavy atom. The SMILES string of the molecule is Clc1ccccc1SCCCSc1nnc(NCC2CCCO2)s1. The number of hydrogen-bond acceptors (Lipinski definition) is 7. The average molecular weight is 402 g/mol. The van der Waals surface area contributed by atoms with Crippen molar-refractivity contribution in [3.05, 3.63) is 29.3 Å². The van der Waals surface area contributed by atoms with Crippen LogP contribution in [0.2, 0.25) is 5.02 Å². The minimum absolute atomic E-state index is 0.326. The first-order valence-electron chi connectivity index (χ1n) is 8.00. The molecule has 0 aliphatic carbocycles. The molecule has 2 aromatic rings. The Kier molecular flexibility index (Phi) is 7.54. The van der Waals surface area contributed by atoms with Crippen LogP contribution in [0.25, 0.3) is 0 Å². The number of thioether (sulfide) groups is 2. The Labute approximate surface area is 160 Å². The lowest BCUT2D eigenvalue weighted by Gasteiger charge is -2.08. The molecule has 8 heteroatoms. The number of anilines is 1. The van der Waals surface area contributed by atoms with Crippen LogP contribution < -0.4 is 5.32 Å². The third-order valence-electron chi connectivity index (χ3n) is 3.52. The predicted molar refractivity (Wildman–Crippen MR) is 105 cm³/mol. The highest BCUT2D eigenvalue weighted by Crippen LogP contribution is 2.29. The Morgan fingerprint density at radius 1 is 1.25 bits per heavy atom. The second-order valence-electron chi connectivity index (χ2n) is 5.37. The van der Waals surface area contributed by atoms with Gasteiger partial charge in [0.05, 0.1) is 11.1 Å². The molecule has 0 saturated carbocycles. The lowest BCUT2D eigenvalue weighted by atomic mass is 10.2. The van der Waals surface area contributed by atoms with E-state index in [0.717, 1.165) is 63.3 Å². The first-order valence-corrected chi connectivity index (χ1v) is 11.2. The minimum atomic E-state index is 0.326. The van der Waals surface area contributed by atoms with E-state index >= 15 is 0 Å². The van der Waals surface area contributed by atoms with Crippen LogP contribution in [0.15, 0.2) is 33.5 Å². The maximum atomic E-state index is 6.15. The van der Waals surface area contributed by atoms with E-state index in [-0.39, 0.29) is 0 Å². The summed E-state index contributed by atoms with van der Waals surface area (Å²) in [5, 5.41) is 13.5. The molecule has 1 N–H and O–H groups in total. The van der Waals surface area contributed by atoms with Crippen molar-refractivity contribution in [3.8, 4) is 0 Å². The summed E-state index contributed by atoms with van der Waals surface area (Å²) in [7, 11) is 0. The van der Waals surface area contributed by atoms with Crippen molar-refractivity contribution in [2.75, 3.05) is 30.0 Å². The molecule has 1 aromatic carbocycles.